The molecule has 0 aromatic rings. The lowest BCUT2D eigenvalue weighted by Gasteiger charge is -2.14. The topological polar surface area (TPSA) is 133 Å². The van der Waals surface area contributed by atoms with E-state index in [0.717, 1.165) is 20.1 Å². The van der Waals surface area contributed by atoms with Gasteiger partial charge in [0.2, 0.25) is 0 Å². The summed E-state index contributed by atoms with van der Waals surface area (Å²) >= 11 is 0. The molecule has 0 aliphatic heterocycles. The largest absolute Gasteiger partial charge is 0.478 e. The molecule has 9 heteroatoms. The van der Waals surface area contributed by atoms with Crippen molar-refractivity contribution in [2.75, 3.05) is 20.3 Å². The third-order valence-electron chi connectivity index (χ3n) is 2.91. The lowest BCUT2D eigenvalue weighted by Crippen LogP contribution is -2.30. The summed E-state index contributed by atoms with van der Waals surface area (Å²) < 4.78 is 14.0. The highest BCUT2D eigenvalue weighted by Crippen LogP contribution is 2.14. The number of hydrogen-bond donors (Lipinski definition) is 1. The molecule has 0 aliphatic rings. The van der Waals surface area contributed by atoms with Gasteiger partial charge in [-0.2, -0.15) is 0 Å². The molecule has 0 amide bonds. The third kappa shape index (κ3) is 8.04. The fourth-order valence-electron chi connectivity index (χ4n) is 1.65. The molecule has 0 heterocycles. The molecular weight excluding hydrogens is 348 g/mol. The van der Waals surface area contributed by atoms with E-state index in [0.29, 0.717) is 0 Å². The van der Waals surface area contributed by atoms with Crippen molar-refractivity contribution < 1.29 is 43.3 Å². The van der Waals surface area contributed by atoms with Gasteiger partial charge in [-0.05, 0) is 13.3 Å². The molecular formula is C17H20O9. The maximum atomic E-state index is 11.9. The van der Waals surface area contributed by atoms with Crippen LogP contribution in [0.1, 0.15) is 13.3 Å². The Kier molecular flexibility index (Phi) is 9.94. The predicted molar refractivity (Wildman–Crippen MR) is 87.8 cm³/mol. The maximum absolute atomic E-state index is 11.9. The zero-order chi connectivity index (χ0) is 20.3. The number of allylic oxidation sites excluding steroid dienone is 1. The Labute approximate surface area is 149 Å². The van der Waals surface area contributed by atoms with Gasteiger partial charge in [0, 0.05) is 11.6 Å². The molecule has 1 N–H and O–H groups in total. The first-order valence-electron chi connectivity index (χ1n) is 7.30. The molecule has 0 aromatic carbocycles. The van der Waals surface area contributed by atoms with Crippen molar-refractivity contribution in [3.8, 4) is 0 Å². The lowest BCUT2D eigenvalue weighted by molar-refractivity contribution is -0.156. The molecule has 1 atom stereocenters. The number of carbonyl (C=O) groups is 5. The minimum Gasteiger partial charge on any atom is -0.478 e. The molecule has 0 rings (SSSR count). The van der Waals surface area contributed by atoms with Crippen molar-refractivity contribution in [3.05, 3.63) is 36.5 Å². The number of ketones is 1. The molecule has 0 aliphatic carbocycles. The number of methoxy groups -OCH3 is 1. The zero-order valence-corrected chi connectivity index (χ0v) is 14.5. The van der Waals surface area contributed by atoms with Crippen LogP contribution in [-0.2, 0) is 38.2 Å². The second kappa shape index (κ2) is 11.3. The van der Waals surface area contributed by atoms with Gasteiger partial charge in [0.25, 0.3) is 0 Å². The zero-order valence-electron chi connectivity index (χ0n) is 14.5. The standard InChI is InChI=1S/C17H20O9/c1-10(6-5-7-13(19)20)15(21)25-8-9-26-17(23)14(12(3)18)11(2)16(22)24-4/h5,7,14H,1-2,6,8-9H2,3-4H3,(H,19,20). The van der Waals surface area contributed by atoms with Gasteiger partial charge in [-0.1, -0.05) is 19.2 Å². The highest BCUT2D eigenvalue weighted by Gasteiger charge is 2.32. The van der Waals surface area contributed by atoms with Crippen LogP contribution in [0.2, 0.25) is 0 Å². The van der Waals surface area contributed by atoms with Gasteiger partial charge in [-0.25, -0.2) is 14.4 Å². The summed E-state index contributed by atoms with van der Waals surface area (Å²) in [6.45, 7) is 7.20. The molecule has 0 saturated heterocycles. The monoisotopic (exact) mass is 368 g/mol. The van der Waals surface area contributed by atoms with Crippen LogP contribution >= 0.6 is 0 Å². The Morgan fingerprint density at radius 3 is 2.12 bits per heavy atom. The van der Waals surface area contributed by atoms with Crippen molar-refractivity contribution in [1.29, 1.82) is 0 Å². The molecule has 1 unspecified atom stereocenters. The first-order valence-corrected chi connectivity index (χ1v) is 7.30. The van der Waals surface area contributed by atoms with Crippen LogP contribution in [-0.4, -0.2) is 55.1 Å². The summed E-state index contributed by atoms with van der Waals surface area (Å²) in [6.07, 6.45) is 2.06. The fourth-order valence-corrected chi connectivity index (χ4v) is 1.65. The smallest absolute Gasteiger partial charge is 0.334 e. The Balaban J connectivity index is 4.42. The van der Waals surface area contributed by atoms with Crippen LogP contribution in [0.25, 0.3) is 0 Å². The number of hydrogen-bond acceptors (Lipinski definition) is 8. The molecule has 0 spiro atoms. The molecule has 0 aromatic heterocycles. The maximum Gasteiger partial charge on any atom is 0.334 e. The first kappa shape index (κ1) is 22.8. The summed E-state index contributed by atoms with van der Waals surface area (Å²) in [5, 5.41) is 8.42. The van der Waals surface area contributed by atoms with Crippen molar-refractivity contribution in [2.45, 2.75) is 13.3 Å². The molecule has 0 fully saturated rings. The van der Waals surface area contributed by atoms with E-state index in [4.69, 9.17) is 14.6 Å². The number of ether oxygens (including phenoxy) is 3. The minimum atomic E-state index is -1.51. The molecule has 26 heavy (non-hydrogen) atoms. The highest BCUT2D eigenvalue weighted by molar-refractivity contribution is 6.08. The highest BCUT2D eigenvalue weighted by atomic mass is 16.6. The van der Waals surface area contributed by atoms with Crippen LogP contribution < -0.4 is 0 Å². The van der Waals surface area contributed by atoms with Crippen molar-refractivity contribution in [3.63, 3.8) is 0 Å². The minimum absolute atomic E-state index is 0.00880. The second-order valence-electron chi connectivity index (χ2n) is 4.91. The van der Waals surface area contributed by atoms with Gasteiger partial charge < -0.3 is 19.3 Å². The van der Waals surface area contributed by atoms with Crippen LogP contribution in [0.5, 0.6) is 0 Å². The average molecular weight is 368 g/mol. The molecule has 142 valence electrons. The lowest BCUT2D eigenvalue weighted by atomic mass is 9.97. The van der Waals surface area contributed by atoms with E-state index < -0.39 is 35.6 Å². The first-order chi connectivity index (χ1) is 12.1. The Morgan fingerprint density at radius 2 is 1.62 bits per heavy atom. The van der Waals surface area contributed by atoms with Crippen LogP contribution in [0, 0.1) is 5.92 Å². The summed E-state index contributed by atoms with van der Waals surface area (Å²) in [7, 11) is 1.08. The Bertz CT molecular complexity index is 643. The number of carboxylic acid groups (broad SMARTS) is 1. The molecule has 0 saturated carbocycles. The quantitative estimate of drug-likeness (QED) is 0.183. The van der Waals surface area contributed by atoms with E-state index >= 15 is 0 Å². The van der Waals surface area contributed by atoms with E-state index in [9.17, 15) is 24.0 Å². The van der Waals surface area contributed by atoms with Gasteiger partial charge in [0.1, 0.15) is 24.9 Å². The SMILES string of the molecule is C=C(CC=CC(=O)O)C(=O)OCCOC(=O)C(C(=C)C(=O)OC)C(C)=O. The number of carbonyl (C=O) groups excluding carboxylic acids is 4. The Hall–Kier alpha value is -3.23. The van der Waals surface area contributed by atoms with Crippen molar-refractivity contribution in [1.82, 2.24) is 0 Å². The summed E-state index contributed by atoms with van der Waals surface area (Å²) in [5.74, 6) is -6.05. The molecule has 0 radical (unpaired) electrons. The van der Waals surface area contributed by atoms with Crippen LogP contribution in [0.3, 0.4) is 0 Å². The number of aliphatic carboxylic acids is 1. The van der Waals surface area contributed by atoms with E-state index in [1.54, 1.807) is 0 Å². The van der Waals surface area contributed by atoms with Gasteiger partial charge in [0.05, 0.1) is 12.7 Å². The van der Waals surface area contributed by atoms with Crippen molar-refractivity contribution >= 4 is 29.7 Å². The van der Waals surface area contributed by atoms with E-state index in [1.807, 2.05) is 0 Å². The third-order valence-corrected chi connectivity index (χ3v) is 2.91. The summed E-state index contributed by atoms with van der Waals surface area (Å²) in [5.41, 5.74) is -0.352. The van der Waals surface area contributed by atoms with E-state index in [1.165, 1.54) is 6.08 Å². The Morgan fingerprint density at radius 1 is 1.04 bits per heavy atom. The second-order valence-corrected chi connectivity index (χ2v) is 4.91. The average Bonchev–Trinajstić information content (AvgIpc) is 2.56. The van der Waals surface area contributed by atoms with Crippen LogP contribution in [0.15, 0.2) is 36.5 Å². The number of rotatable bonds is 11. The van der Waals surface area contributed by atoms with E-state index in [2.05, 4.69) is 17.9 Å². The molecule has 0 bridgehead atoms. The van der Waals surface area contributed by atoms with Gasteiger partial charge >= 0.3 is 23.9 Å². The molecule has 9 nitrogen and oxygen atoms in total. The normalized spacial score (nSPS) is 11.3. The number of carboxylic acids is 1. The van der Waals surface area contributed by atoms with Crippen molar-refractivity contribution in [2.24, 2.45) is 5.92 Å². The predicted octanol–water partition coefficient (Wildman–Crippen LogP) is 0.594. The number of Topliss-reactive ketones (excluding diaryl/α,β-unsaturated/α-hetero) is 1. The number of esters is 3. The summed E-state index contributed by atoms with van der Waals surface area (Å²) in [6, 6.07) is 0. The van der Waals surface area contributed by atoms with Gasteiger partial charge in [-0.15, -0.1) is 0 Å². The van der Waals surface area contributed by atoms with Crippen LogP contribution in [0.4, 0.5) is 0 Å². The van der Waals surface area contributed by atoms with E-state index in [-0.39, 0.29) is 30.8 Å². The fraction of sp³-hybridized carbons (Fsp3) is 0.353. The van der Waals surface area contributed by atoms with Gasteiger partial charge in [-0.3, -0.25) is 9.59 Å². The van der Waals surface area contributed by atoms with Gasteiger partial charge in [0.15, 0.2) is 0 Å². The summed E-state index contributed by atoms with van der Waals surface area (Å²) in [4.78, 5) is 56.7.